The lowest BCUT2D eigenvalue weighted by Gasteiger charge is -2.19. The summed E-state index contributed by atoms with van der Waals surface area (Å²) in [6, 6.07) is 1.59. The minimum Gasteiger partial charge on any atom is -0.369 e. The molecule has 0 aliphatic heterocycles. The number of fused-ring (bicyclic) bond motifs is 1. The second kappa shape index (κ2) is 5.70. The molecule has 2 heterocycles. The van der Waals surface area contributed by atoms with Crippen molar-refractivity contribution in [2.24, 2.45) is 0 Å². The summed E-state index contributed by atoms with van der Waals surface area (Å²) in [5, 5.41) is 4.81. The van der Waals surface area contributed by atoms with Crippen molar-refractivity contribution < 1.29 is 22.0 Å². The van der Waals surface area contributed by atoms with Gasteiger partial charge in [-0.25, -0.2) is 9.97 Å². The van der Waals surface area contributed by atoms with Gasteiger partial charge in [0, 0.05) is 6.54 Å². The molecule has 2 aromatic rings. The highest BCUT2D eigenvalue weighted by Crippen LogP contribution is 2.43. The van der Waals surface area contributed by atoms with Gasteiger partial charge in [-0.3, -0.25) is 0 Å². The largest absolute Gasteiger partial charge is 0.461 e. The quantitative estimate of drug-likeness (QED) is 0.647. The van der Waals surface area contributed by atoms with Crippen molar-refractivity contribution >= 4 is 27.4 Å². The smallest absolute Gasteiger partial charge is 0.369 e. The molecule has 2 rings (SSSR count). The van der Waals surface area contributed by atoms with E-state index in [0.29, 0.717) is 11.9 Å². The van der Waals surface area contributed by atoms with E-state index in [-0.39, 0.29) is 10.6 Å². The van der Waals surface area contributed by atoms with Gasteiger partial charge in [0.1, 0.15) is 10.6 Å². The molecule has 0 aliphatic rings. The number of anilines is 1. The molecule has 21 heavy (non-hydrogen) atoms. The van der Waals surface area contributed by atoms with Gasteiger partial charge in [0.25, 0.3) is 0 Å². The lowest BCUT2D eigenvalue weighted by atomic mass is 10.2. The van der Waals surface area contributed by atoms with E-state index in [4.69, 9.17) is 0 Å². The van der Waals surface area contributed by atoms with Crippen molar-refractivity contribution in [3.8, 4) is 0 Å². The van der Waals surface area contributed by atoms with Gasteiger partial charge in [0.15, 0.2) is 0 Å². The normalized spacial score (nSPS) is 12.9. The van der Waals surface area contributed by atoms with Gasteiger partial charge >= 0.3 is 12.1 Å². The van der Waals surface area contributed by atoms with Crippen LogP contribution in [0.1, 0.15) is 25.6 Å². The molecule has 0 bridgehead atoms. The first-order valence-corrected chi connectivity index (χ1v) is 7.09. The molecular formula is C12H12F5N3S. The van der Waals surface area contributed by atoms with Crippen LogP contribution in [0.2, 0.25) is 0 Å². The Morgan fingerprint density at radius 3 is 2.52 bits per heavy atom. The number of unbranched alkanes of at least 4 members (excludes halogenated alkanes) is 1. The van der Waals surface area contributed by atoms with Gasteiger partial charge in [-0.05, 0) is 17.9 Å². The third-order valence-corrected chi connectivity index (χ3v) is 3.59. The van der Waals surface area contributed by atoms with Crippen LogP contribution in [0.4, 0.5) is 27.8 Å². The summed E-state index contributed by atoms with van der Waals surface area (Å²) in [6.45, 7) is 2.38. The highest BCUT2D eigenvalue weighted by molar-refractivity contribution is 7.16. The lowest BCUT2D eigenvalue weighted by Crippen LogP contribution is -2.35. The fraction of sp³-hybridized carbons (Fsp3) is 0.500. The molecule has 2 aromatic heterocycles. The van der Waals surface area contributed by atoms with Crippen LogP contribution in [0.5, 0.6) is 0 Å². The van der Waals surface area contributed by atoms with Gasteiger partial charge in [-0.2, -0.15) is 22.0 Å². The highest BCUT2D eigenvalue weighted by Gasteiger charge is 2.61. The number of halogens is 5. The Kier molecular flexibility index (Phi) is 4.31. The van der Waals surface area contributed by atoms with Gasteiger partial charge in [0.05, 0.1) is 5.39 Å². The van der Waals surface area contributed by atoms with E-state index in [1.54, 1.807) is 11.4 Å². The standard InChI is InChI=1S/C12H12F5N3S/c1-2-3-5-18-8-7-4-6-21-9(7)20-10(19-8)11(13,14)12(15,16)17/h4,6H,2-3,5H2,1H3,(H,18,19,20). The molecule has 0 atom stereocenters. The van der Waals surface area contributed by atoms with Crippen molar-refractivity contribution in [3.05, 3.63) is 17.3 Å². The SMILES string of the molecule is CCCCNc1nc(C(F)(F)C(F)(F)F)nc2sccc12. The summed E-state index contributed by atoms with van der Waals surface area (Å²) in [7, 11) is 0. The summed E-state index contributed by atoms with van der Waals surface area (Å²) < 4.78 is 64.1. The number of hydrogen-bond donors (Lipinski definition) is 1. The van der Waals surface area contributed by atoms with Crippen LogP contribution in [0.25, 0.3) is 10.2 Å². The van der Waals surface area contributed by atoms with Crippen LogP contribution < -0.4 is 5.32 Å². The Labute approximate surface area is 121 Å². The van der Waals surface area contributed by atoms with Crippen molar-refractivity contribution in [1.29, 1.82) is 0 Å². The van der Waals surface area contributed by atoms with Crippen molar-refractivity contribution in [3.63, 3.8) is 0 Å². The second-order valence-electron chi connectivity index (χ2n) is 4.39. The van der Waals surface area contributed by atoms with E-state index in [2.05, 4.69) is 15.3 Å². The zero-order chi connectivity index (χ0) is 15.7. The number of hydrogen-bond acceptors (Lipinski definition) is 4. The molecule has 0 radical (unpaired) electrons. The fourth-order valence-electron chi connectivity index (χ4n) is 1.64. The molecule has 116 valence electrons. The predicted octanol–water partition coefficient (Wildman–Crippen LogP) is 4.56. The third-order valence-electron chi connectivity index (χ3n) is 2.78. The molecular weight excluding hydrogens is 313 g/mol. The van der Waals surface area contributed by atoms with Gasteiger partial charge < -0.3 is 5.32 Å². The maximum absolute atomic E-state index is 13.4. The van der Waals surface area contributed by atoms with E-state index in [9.17, 15) is 22.0 Å². The Balaban J connectivity index is 2.46. The molecule has 0 fully saturated rings. The zero-order valence-electron chi connectivity index (χ0n) is 11.0. The van der Waals surface area contributed by atoms with Crippen LogP contribution in [0.15, 0.2) is 11.4 Å². The maximum Gasteiger partial charge on any atom is 0.461 e. The molecule has 3 nitrogen and oxygen atoms in total. The van der Waals surface area contributed by atoms with E-state index in [1.165, 1.54) is 0 Å². The number of alkyl halides is 5. The Hall–Kier alpha value is -1.51. The zero-order valence-corrected chi connectivity index (χ0v) is 11.8. The monoisotopic (exact) mass is 325 g/mol. The Morgan fingerprint density at radius 1 is 1.19 bits per heavy atom. The van der Waals surface area contributed by atoms with Crippen molar-refractivity contribution in [2.75, 3.05) is 11.9 Å². The van der Waals surface area contributed by atoms with E-state index >= 15 is 0 Å². The molecule has 0 aliphatic carbocycles. The first-order valence-electron chi connectivity index (χ1n) is 6.21. The molecule has 0 unspecified atom stereocenters. The number of rotatable bonds is 5. The van der Waals surface area contributed by atoms with Crippen molar-refractivity contribution in [2.45, 2.75) is 31.9 Å². The molecule has 0 amide bonds. The average molecular weight is 325 g/mol. The first-order chi connectivity index (χ1) is 9.77. The molecule has 0 saturated carbocycles. The third kappa shape index (κ3) is 3.07. The fourth-order valence-corrected chi connectivity index (χ4v) is 2.40. The highest BCUT2D eigenvalue weighted by atomic mass is 32.1. The number of nitrogens with one attached hydrogen (secondary N) is 1. The number of aromatic nitrogens is 2. The second-order valence-corrected chi connectivity index (χ2v) is 5.28. The molecule has 0 aromatic carbocycles. The van der Waals surface area contributed by atoms with Crippen LogP contribution in [0, 0.1) is 0 Å². The topological polar surface area (TPSA) is 37.8 Å². The summed E-state index contributed by atoms with van der Waals surface area (Å²) in [5.74, 6) is -6.59. The predicted molar refractivity (Wildman–Crippen MR) is 70.8 cm³/mol. The van der Waals surface area contributed by atoms with Gasteiger partial charge in [-0.15, -0.1) is 11.3 Å². The summed E-state index contributed by atoms with van der Waals surface area (Å²) in [6.07, 6.45) is -4.12. The molecule has 1 N–H and O–H groups in total. The molecule has 0 spiro atoms. The first kappa shape index (κ1) is 15.9. The van der Waals surface area contributed by atoms with Crippen LogP contribution >= 0.6 is 11.3 Å². The summed E-state index contributed by atoms with van der Waals surface area (Å²) in [5.41, 5.74) is 0. The summed E-state index contributed by atoms with van der Waals surface area (Å²) in [4.78, 5) is 6.86. The van der Waals surface area contributed by atoms with Crippen LogP contribution in [0.3, 0.4) is 0 Å². The molecule has 0 saturated heterocycles. The van der Waals surface area contributed by atoms with Gasteiger partial charge in [0.2, 0.25) is 5.82 Å². The number of thiophene rings is 1. The minimum atomic E-state index is -5.72. The van der Waals surface area contributed by atoms with Crippen LogP contribution in [-0.2, 0) is 5.92 Å². The number of nitrogens with zero attached hydrogens (tertiary/aromatic N) is 2. The van der Waals surface area contributed by atoms with Gasteiger partial charge in [-0.1, -0.05) is 13.3 Å². The lowest BCUT2D eigenvalue weighted by molar-refractivity contribution is -0.292. The van der Waals surface area contributed by atoms with E-state index < -0.39 is 17.9 Å². The summed E-state index contributed by atoms with van der Waals surface area (Å²) >= 11 is 0.990. The van der Waals surface area contributed by atoms with E-state index in [0.717, 1.165) is 24.2 Å². The van der Waals surface area contributed by atoms with Crippen molar-refractivity contribution in [1.82, 2.24) is 9.97 Å². The molecule has 9 heteroatoms. The van der Waals surface area contributed by atoms with E-state index in [1.807, 2.05) is 6.92 Å². The maximum atomic E-state index is 13.4. The average Bonchev–Trinajstić information content (AvgIpc) is 2.85. The Bertz CT molecular complexity index is 623. The van der Waals surface area contributed by atoms with Crippen LogP contribution in [-0.4, -0.2) is 22.7 Å². The Morgan fingerprint density at radius 2 is 1.90 bits per heavy atom. The minimum absolute atomic E-state index is 0.00799.